The molecule has 1 atom stereocenters. The quantitative estimate of drug-likeness (QED) is 0.809. The van der Waals surface area contributed by atoms with Gasteiger partial charge in [-0.2, -0.15) is 0 Å². The predicted octanol–water partition coefficient (Wildman–Crippen LogP) is 2.57. The second-order valence-corrected chi connectivity index (χ2v) is 5.67. The van der Waals surface area contributed by atoms with E-state index in [1.54, 1.807) is 18.5 Å². The van der Waals surface area contributed by atoms with Gasteiger partial charge < -0.3 is 4.57 Å². The molecular weight excluding hydrogens is 323 g/mol. The molecule has 1 fully saturated rings. The summed E-state index contributed by atoms with van der Waals surface area (Å²) < 4.78 is 14.7. The molecule has 1 aliphatic heterocycles. The standard InChI is InChI=1S/C15H14ClFN4O2/c1-9-14(22)20(8-13-18-7-12(16)19(13)2)15(23)21(9)11-5-3-10(17)4-6-11/h3-7,9H,8H2,1-2H3. The minimum absolute atomic E-state index is 0.0307. The highest BCUT2D eigenvalue weighted by molar-refractivity contribution is 6.29. The van der Waals surface area contributed by atoms with Crippen LogP contribution in [-0.2, 0) is 18.4 Å². The molecule has 2 heterocycles. The number of aromatic nitrogens is 2. The minimum Gasteiger partial charge on any atom is -0.321 e. The first-order valence-corrected chi connectivity index (χ1v) is 7.34. The van der Waals surface area contributed by atoms with E-state index in [4.69, 9.17) is 11.6 Å². The average Bonchev–Trinajstić information content (AvgIpc) is 2.95. The van der Waals surface area contributed by atoms with Crippen LogP contribution in [0.25, 0.3) is 0 Å². The maximum absolute atomic E-state index is 13.1. The van der Waals surface area contributed by atoms with Crippen molar-refractivity contribution in [1.29, 1.82) is 0 Å². The van der Waals surface area contributed by atoms with Crippen molar-refractivity contribution >= 4 is 29.2 Å². The van der Waals surface area contributed by atoms with Gasteiger partial charge in [0.2, 0.25) is 0 Å². The molecule has 1 saturated heterocycles. The zero-order chi connectivity index (χ0) is 16.7. The molecule has 3 rings (SSSR count). The van der Waals surface area contributed by atoms with E-state index in [9.17, 15) is 14.0 Å². The number of benzene rings is 1. The minimum atomic E-state index is -0.663. The van der Waals surface area contributed by atoms with Crippen LogP contribution in [0.5, 0.6) is 0 Å². The summed E-state index contributed by atoms with van der Waals surface area (Å²) in [6.07, 6.45) is 1.46. The number of amides is 3. The van der Waals surface area contributed by atoms with E-state index in [1.165, 1.54) is 35.4 Å². The number of urea groups is 1. The third-order valence-corrected chi connectivity index (χ3v) is 4.23. The van der Waals surface area contributed by atoms with Crippen LogP contribution in [-0.4, -0.2) is 32.4 Å². The third kappa shape index (κ3) is 2.57. The highest BCUT2D eigenvalue weighted by Crippen LogP contribution is 2.27. The lowest BCUT2D eigenvalue weighted by Gasteiger charge is -2.19. The van der Waals surface area contributed by atoms with E-state index in [0.717, 1.165) is 4.90 Å². The van der Waals surface area contributed by atoms with Crippen LogP contribution in [0.1, 0.15) is 12.7 Å². The summed E-state index contributed by atoms with van der Waals surface area (Å²) in [7, 11) is 1.71. The van der Waals surface area contributed by atoms with Gasteiger partial charge in [0.15, 0.2) is 0 Å². The Morgan fingerprint density at radius 3 is 2.48 bits per heavy atom. The lowest BCUT2D eigenvalue weighted by Crippen LogP contribution is -2.34. The van der Waals surface area contributed by atoms with Gasteiger partial charge >= 0.3 is 6.03 Å². The van der Waals surface area contributed by atoms with Gasteiger partial charge in [-0.1, -0.05) is 11.6 Å². The molecule has 120 valence electrons. The van der Waals surface area contributed by atoms with Crippen molar-refractivity contribution in [3.8, 4) is 0 Å². The van der Waals surface area contributed by atoms with Crippen molar-refractivity contribution in [3.05, 3.63) is 47.3 Å². The maximum atomic E-state index is 13.1. The topological polar surface area (TPSA) is 58.4 Å². The number of hydrogen-bond acceptors (Lipinski definition) is 3. The van der Waals surface area contributed by atoms with Gasteiger partial charge in [-0.05, 0) is 31.2 Å². The Labute approximate surface area is 137 Å². The number of nitrogens with zero attached hydrogens (tertiary/aromatic N) is 4. The molecule has 1 unspecified atom stereocenters. The van der Waals surface area contributed by atoms with Gasteiger partial charge in [0.05, 0.1) is 12.7 Å². The Kier molecular flexibility index (Phi) is 3.81. The van der Waals surface area contributed by atoms with Crippen molar-refractivity contribution < 1.29 is 14.0 Å². The molecule has 1 aliphatic rings. The molecule has 23 heavy (non-hydrogen) atoms. The van der Waals surface area contributed by atoms with E-state index >= 15 is 0 Å². The molecule has 2 aromatic rings. The summed E-state index contributed by atoms with van der Waals surface area (Å²) in [5.74, 6) is -0.234. The zero-order valence-corrected chi connectivity index (χ0v) is 13.3. The van der Waals surface area contributed by atoms with Gasteiger partial charge in [0.1, 0.15) is 22.8 Å². The summed E-state index contributed by atoms with van der Waals surface area (Å²) in [6.45, 7) is 1.66. The normalized spacial score (nSPS) is 18.2. The fourth-order valence-electron chi connectivity index (χ4n) is 2.52. The molecule has 6 nitrogen and oxygen atoms in total. The summed E-state index contributed by atoms with van der Waals surface area (Å²) in [4.78, 5) is 31.6. The first-order chi connectivity index (χ1) is 10.9. The third-order valence-electron chi connectivity index (χ3n) is 3.88. The first kappa shape index (κ1) is 15.5. The van der Waals surface area contributed by atoms with E-state index in [1.807, 2.05) is 0 Å². The van der Waals surface area contributed by atoms with Gasteiger partial charge in [-0.25, -0.2) is 14.2 Å². The zero-order valence-electron chi connectivity index (χ0n) is 12.5. The molecule has 0 aliphatic carbocycles. The lowest BCUT2D eigenvalue weighted by molar-refractivity contribution is -0.127. The number of carbonyl (C=O) groups excluding carboxylic acids is 2. The molecule has 1 aromatic carbocycles. The Morgan fingerprint density at radius 2 is 1.91 bits per heavy atom. The van der Waals surface area contributed by atoms with Gasteiger partial charge in [0.25, 0.3) is 5.91 Å². The van der Waals surface area contributed by atoms with E-state index in [0.29, 0.717) is 16.7 Å². The number of imidazole rings is 1. The summed E-state index contributed by atoms with van der Waals surface area (Å²) in [6, 6.07) is 4.31. The molecular formula is C15H14ClFN4O2. The molecule has 0 spiro atoms. The summed E-state index contributed by atoms with van der Waals surface area (Å²) in [5.41, 5.74) is 0.470. The highest BCUT2D eigenvalue weighted by Gasteiger charge is 2.43. The highest BCUT2D eigenvalue weighted by atomic mass is 35.5. The van der Waals surface area contributed by atoms with Crippen LogP contribution in [0, 0.1) is 5.82 Å². The lowest BCUT2D eigenvalue weighted by atomic mass is 10.2. The first-order valence-electron chi connectivity index (χ1n) is 6.96. The second kappa shape index (κ2) is 5.66. The average molecular weight is 337 g/mol. The number of carbonyl (C=O) groups is 2. The van der Waals surface area contributed by atoms with Crippen LogP contribution >= 0.6 is 11.6 Å². The van der Waals surface area contributed by atoms with Crippen molar-refractivity contribution in [1.82, 2.24) is 14.5 Å². The fraction of sp³-hybridized carbons (Fsp3) is 0.267. The van der Waals surface area contributed by atoms with E-state index in [2.05, 4.69) is 4.98 Å². The predicted molar refractivity (Wildman–Crippen MR) is 82.5 cm³/mol. The van der Waals surface area contributed by atoms with Gasteiger partial charge in [-0.15, -0.1) is 0 Å². The Hall–Kier alpha value is -2.41. The number of imide groups is 1. The molecule has 0 radical (unpaired) electrons. The largest absolute Gasteiger partial charge is 0.332 e. The van der Waals surface area contributed by atoms with Gasteiger partial charge in [0, 0.05) is 12.7 Å². The van der Waals surface area contributed by atoms with Crippen molar-refractivity contribution in [2.75, 3.05) is 4.90 Å². The summed E-state index contributed by atoms with van der Waals surface area (Å²) in [5, 5.41) is 0.419. The Bertz CT molecular complexity index is 774. The monoisotopic (exact) mass is 336 g/mol. The van der Waals surface area contributed by atoms with Gasteiger partial charge in [-0.3, -0.25) is 14.6 Å². The molecule has 0 bridgehead atoms. The Morgan fingerprint density at radius 1 is 1.26 bits per heavy atom. The van der Waals surface area contributed by atoms with Crippen LogP contribution in [0.2, 0.25) is 5.15 Å². The van der Waals surface area contributed by atoms with Crippen molar-refractivity contribution in [3.63, 3.8) is 0 Å². The van der Waals surface area contributed by atoms with Crippen LogP contribution in [0.4, 0.5) is 14.9 Å². The number of hydrogen-bond donors (Lipinski definition) is 0. The molecule has 0 saturated carbocycles. The van der Waals surface area contributed by atoms with E-state index in [-0.39, 0.29) is 12.5 Å². The van der Waals surface area contributed by atoms with Crippen LogP contribution < -0.4 is 4.90 Å². The van der Waals surface area contributed by atoms with Crippen LogP contribution in [0.3, 0.4) is 0 Å². The molecule has 0 N–H and O–H groups in total. The molecule has 3 amide bonds. The number of anilines is 1. The van der Waals surface area contributed by atoms with E-state index < -0.39 is 17.9 Å². The summed E-state index contributed by atoms with van der Waals surface area (Å²) >= 11 is 5.92. The molecule has 1 aromatic heterocycles. The Balaban J connectivity index is 1.89. The smallest absolute Gasteiger partial charge is 0.321 e. The fourth-order valence-corrected chi connectivity index (χ4v) is 2.67. The number of halogens is 2. The second-order valence-electron chi connectivity index (χ2n) is 5.29. The van der Waals surface area contributed by atoms with Crippen LogP contribution in [0.15, 0.2) is 30.5 Å². The number of rotatable bonds is 3. The van der Waals surface area contributed by atoms with Crippen molar-refractivity contribution in [2.45, 2.75) is 19.5 Å². The SMILES string of the molecule is CC1C(=O)N(Cc2ncc(Cl)n2C)C(=O)N1c1ccc(F)cc1. The maximum Gasteiger partial charge on any atom is 0.332 e. The van der Waals surface area contributed by atoms with Crippen molar-refractivity contribution in [2.24, 2.45) is 7.05 Å². The molecule has 8 heteroatoms.